The minimum Gasteiger partial charge on any atom is -0.329 e. The lowest BCUT2D eigenvalue weighted by Crippen LogP contribution is -2.56. The zero-order valence-corrected chi connectivity index (χ0v) is 13.5. The molecule has 1 unspecified atom stereocenters. The summed E-state index contributed by atoms with van der Waals surface area (Å²) in [5.74, 6) is -0.0728. The van der Waals surface area contributed by atoms with Gasteiger partial charge in [0.15, 0.2) is 0 Å². The van der Waals surface area contributed by atoms with Crippen LogP contribution in [0.4, 0.5) is 5.69 Å². The van der Waals surface area contributed by atoms with Crippen molar-refractivity contribution in [3.63, 3.8) is 0 Å². The van der Waals surface area contributed by atoms with Gasteiger partial charge in [0.1, 0.15) is 0 Å². The molecule has 0 spiro atoms. The van der Waals surface area contributed by atoms with Gasteiger partial charge in [-0.2, -0.15) is 0 Å². The molecule has 0 radical (unpaired) electrons. The molecule has 1 aromatic carbocycles. The molecule has 2 rings (SSSR count). The quantitative estimate of drug-likeness (QED) is 0.878. The molecule has 0 saturated carbocycles. The molecular formula is C14H20Cl2N4O. The van der Waals surface area contributed by atoms with E-state index in [1.54, 1.807) is 18.2 Å². The molecule has 0 bridgehead atoms. The van der Waals surface area contributed by atoms with Gasteiger partial charge in [0, 0.05) is 37.9 Å². The van der Waals surface area contributed by atoms with Crippen molar-refractivity contribution in [1.29, 1.82) is 0 Å². The maximum atomic E-state index is 12.1. The number of nitrogens with one attached hydrogen (secondary N) is 1. The molecule has 1 aliphatic rings. The van der Waals surface area contributed by atoms with Gasteiger partial charge < -0.3 is 16.0 Å². The van der Waals surface area contributed by atoms with Crippen LogP contribution < -0.4 is 11.1 Å². The number of piperazine rings is 1. The summed E-state index contributed by atoms with van der Waals surface area (Å²) in [6, 6.07) is 5.25. The number of hydrogen-bond acceptors (Lipinski definition) is 4. The van der Waals surface area contributed by atoms with Gasteiger partial charge >= 0.3 is 0 Å². The molecule has 3 N–H and O–H groups in total. The maximum Gasteiger partial charge on any atom is 0.238 e. The highest BCUT2D eigenvalue weighted by molar-refractivity contribution is 6.42. The number of likely N-dealkylation sites (N-methyl/N-ethyl adjacent to an activating group) is 1. The normalized spacial score (nSPS) is 20.5. The van der Waals surface area contributed by atoms with E-state index in [0.29, 0.717) is 28.8 Å². The second-order valence-corrected chi connectivity index (χ2v) is 6.11. The first-order valence-corrected chi connectivity index (χ1v) is 7.62. The van der Waals surface area contributed by atoms with Crippen LogP contribution in [0.1, 0.15) is 0 Å². The standard InChI is InChI=1S/C14H20Cl2N4O/c1-19-4-5-20(11(7-17)8-19)9-14(21)18-10-2-3-12(15)13(16)6-10/h2-3,6,11H,4-5,7-9,17H2,1H3,(H,18,21). The van der Waals surface area contributed by atoms with Crippen LogP contribution in [0.2, 0.25) is 10.0 Å². The number of hydrogen-bond donors (Lipinski definition) is 2. The van der Waals surface area contributed by atoms with E-state index in [-0.39, 0.29) is 11.9 Å². The van der Waals surface area contributed by atoms with E-state index in [0.717, 1.165) is 19.6 Å². The summed E-state index contributed by atoms with van der Waals surface area (Å²) >= 11 is 11.8. The summed E-state index contributed by atoms with van der Waals surface area (Å²) < 4.78 is 0. The highest BCUT2D eigenvalue weighted by atomic mass is 35.5. The lowest BCUT2D eigenvalue weighted by Gasteiger charge is -2.39. The molecule has 1 saturated heterocycles. The van der Waals surface area contributed by atoms with Crippen LogP contribution in [0.25, 0.3) is 0 Å². The Morgan fingerprint density at radius 1 is 1.38 bits per heavy atom. The molecule has 1 fully saturated rings. The summed E-state index contributed by atoms with van der Waals surface area (Å²) in [4.78, 5) is 16.5. The first kappa shape index (κ1) is 16.5. The van der Waals surface area contributed by atoms with E-state index >= 15 is 0 Å². The molecule has 1 atom stereocenters. The van der Waals surface area contributed by atoms with Gasteiger partial charge in [-0.05, 0) is 25.2 Å². The maximum absolute atomic E-state index is 12.1. The molecule has 7 heteroatoms. The van der Waals surface area contributed by atoms with Gasteiger partial charge in [0.2, 0.25) is 5.91 Å². The summed E-state index contributed by atoms with van der Waals surface area (Å²) in [6.45, 7) is 3.54. The van der Waals surface area contributed by atoms with E-state index in [4.69, 9.17) is 28.9 Å². The average Bonchev–Trinajstić information content (AvgIpc) is 2.44. The summed E-state index contributed by atoms with van der Waals surface area (Å²) in [5, 5.41) is 3.73. The van der Waals surface area contributed by atoms with Crippen LogP contribution >= 0.6 is 23.2 Å². The molecule has 0 aromatic heterocycles. The van der Waals surface area contributed by atoms with Crippen molar-refractivity contribution >= 4 is 34.8 Å². The summed E-state index contributed by atoms with van der Waals surface area (Å²) in [6.07, 6.45) is 0. The molecule has 0 aliphatic carbocycles. The predicted molar refractivity (Wildman–Crippen MR) is 87.0 cm³/mol. The fraction of sp³-hybridized carbons (Fsp3) is 0.500. The number of nitrogens with zero attached hydrogens (tertiary/aromatic N) is 2. The van der Waals surface area contributed by atoms with Gasteiger partial charge in [-0.25, -0.2) is 0 Å². The third-order valence-corrected chi connectivity index (χ3v) is 4.37. The van der Waals surface area contributed by atoms with Gasteiger partial charge in [0.25, 0.3) is 0 Å². The summed E-state index contributed by atoms with van der Waals surface area (Å²) in [7, 11) is 2.07. The number of halogens is 2. The molecule has 5 nitrogen and oxygen atoms in total. The van der Waals surface area contributed by atoms with Crippen molar-refractivity contribution in [3.8, 4) is 0 Å². The molecule has 116 valence electrons. The zero-order valence-electron chi connectivity index (χ0n) is 12.0. The summed E-state index contributed by atoms with van der Waals surface area (Å²) in [5.41, 5.74) is 6.43. The van der Waals surface area contributed by atoms with Crippen molar-refractivity contribution < 1.29 is 4.79 Å². The van der Waals surface area contributed by atoms with Crippen molar-refractivity contribution in [1.82, 2.24) is 9.80 Å². The van der Waals surface area contributed by atoms with Crippen LogP contribution in [0, 0.1) is 0 Å². The van der Waals surface area contributed by atoms with Crippen LogP contribution in [-0.2, 0) is 4.79 Å². The Hall–Kier alpha value is -0.850. The zero-order chi connectivity index (χ0) is 15.4. The number of benzene rings is 1. The first-order valence-electron chi connectivity index (χ1n) is 6.87. The average molecular weight is 331 g/mol. The van der Waals surface area contributed by atoms with Crippen molar-refractivity contribution in [2.24, 2.45) is 5.73 Å². The van der Waals surface area contributed by atoms with E-state index in [9.17, 15) is 4.79 Å². The van der Waals surface area contributed by atoms with Gasteiger partial charge in [-0.1, -0.05) is 23.2 Å². The number of carbonyl (C=O) groups excluding carboxylic acids is 1. The van der Waals surface area contributed by atoms with Crippen LogP contribution in [-0.4, -0.2) is 61.5 Å². The van der Waals surface area contributed by atoms with Gasteiger partial charge in [-0.15, -0.1) is 0 Å². The number of anilines is 1. The highest BCUT2D eigenvalue weighted by Crippen LogP contribution is 2.25. The molecule has 1 amide bonds. The Kier molecular flexibility index (Phi) is 5.84. The number of nitrogens with two attached hydrogens (primary N) is 1. The first-order chi connectivity index (χ1) is 9.99. The molecule has 1 aromatic rings. The Bertz CT molecular complexity index is 512. The lowest BCUT2D eigenvalue weighted by molar-refractivity contribution is -0.118. The fourth-order valence-electron chi connectivity index (χ4n) is 2.44. The number of rotatable bonds is 4. The Morgan fingerprint density at radius 3 is 2.81 bits per heavy atom. The third-order valence-electron chi connectivity index (χ3n) is 3.63. The van der Waals surface area contributed by atoms with Crippen molar-refractivity contribution in [2.75, 3.05) is 45.1 Å². The van der Waals surface area contributed by atoms with Crippen molar-refractivity contribution in [2.45, 2.75) is 6.04 Å². The largest absolute Gasteiger partial charge is 0.329 e. The Labute approximate surface area is 135 Å². The SMILES string of the molecule is CN1CCN(CC(=O)Nc2ccc(Cl)c(Cl)c2)C(CN)C1. The van der Waals surface area contributed by atoms with Gasteiger partial charge in [-0.3, -0.25) is 9.69 Å². The third kappa shape index (κ3) is 4.56. The van der Waals surface area contributed by atoms with Crippen LogP contribution in [0.5, 0.6) is 0 Å². The predicted octanol–water partition coefficient (Wildman–Crippen LogP) is 1.51. The van der Waals surface area contributed by atoms with Crippen molar-refractivity contribution in [3.05, 3.63) is 28.2 Å². The molecule has 1 aliphatic heterocycles. The van der Waals surface area contributed by atoms with Gasteiger partial charge in [0.05, 0.1) is 16.6 Å². The molecular weight excluding hydrogens is 311 g/mol. The second-order valence-electron chi connectivity index (χ2n) is 5.30. The van der Waals surface area contributed by atoms with E-state index in [2.05, 4.69) is 22.2 Å². The number of amides is 1. The highest BCUT2D eigenvalue weighted by Gasteiger charge is 2.25. The van der Waals surface area contributed by atoms with E-state index in [1.807, 2.05) is 0 Å². The number of carbonyl (C=O) groups is 1. The lowest BCUT2D eigenvalue weighted by atomic mass is 10.1. The monoisotopic (exact) mass is 330 g/mol. The smallest absolute Gasteiger partial charge is 0.238 e. The molecule has 1 heterocycles. The second kappa shape index (κ2) is 7.42. The fourth-order valence-corrected chi connectivity index (χ4v) is 2.74. The minimum absolute atomic E-state index is 0.0728. The Balaban J connectivity index is 1.93. The van der Waals surface area contributed by atoms with Crippen LogP contribution in [0.15, 0.2) is 18.2 Å². The minimum atomic E-state index is -0.0728. The Morgan fingerprint density at radius 2 is 2.14 bits per heavy atom. The van der Waals surface area contributed by atoms with E-state index < -0.39 is 0 Å². The van der Waals surface area contributed by atoms with E-state index in [1.165, 1.54) is 0 Å². The topological polar surface area (TPSA) is 61.6 Å². The van der Waals surface area contributed by atoms with Crippen LogP contribution in [0.3, 0.4) is 0 Å². The molecule has 21 heavy (non-hydrogen) atoms.